The summed E-state index contributed by atoms with van der Waals surface area (Å²) in [6.07, 6.45) is 6.22. The average molecular weight is 356 g/mol. The molecule has 0 amide bonds. The number of hydrogen-bond donors (Lipinski definition) is 2. The van der Waals surface area contributed by atoms with Crippen molar-refractivity contribution in [3.05, 3.63) is 53.6 Å². The van der Waals surface area contributed by atoms with Crippen molar-refractivity contribution in [3.63, 3.8) is 0 Å². The van der Waals surface area contributed by atoms with Crippen LogP contribution >= 0.6 is 0 Å². The summed E-state index contributed by atoms with van der Waals surface area (Å²) in [7, 11) is 3.00. The monoisotopic (exact) mass is 356 g/mol. The molecule has 2 aromatic rings. The second kappa shape index (κ2) is 9.51. The number of benzene rings is 2. The van der Waals surface area contributed by atoms with Gasteiger partial charge in [0, 0.05) is 6.42 Å². The van der Waals surface area contributed by atoms with Crippen molar-refractivity contribution >= 4 is 11.9 Å². The van der Waals surface area contributed by atoms with Crippen LogP contribution in [0.5, 0.6) is 23.0 Å². The number of aryl methyl sites for hydroxylation is 1. The summed E-state index contributed by atoms with van der Waals surface area (Å²) in [5, 5.41) is 19.1. The Bertz CT molecular complexity index is 780. The molecule has 0 heterocycles. The molecule has 0 aliphatic carbocycles. The summed E-state index contributed by atoms with van der Waals surface area (Å²) >= 11 is 0. The van der Waals surface area contributed by atoms with Crippen LogP contribution < -0.4 is 9.47 Å². The topological polar surface area (TPSA) is 76.0 Å². The van der Waals surface area contributed by atoms with Gasteiger partial charge in [0.05, 0.1) is 14.2 Å². The quantitative estimate of drug-likeness (QED) is 0.522. The molecule has 0 aliphatic rings. The summed E-state index contributed by atoms with van der Waals surface area (Å²) in [4.78, 5) is 12.0. The summed E-state index contributed by atoms with van der Waals surface area (Å²) in [5.41, 5.74) is 1.86. The summed E-state index contributed by atoms with van der Waals surface area (Å²) in [5.74, 6) is 1.10. The van der Waals surface area contributed by atoms with Crippen molar-refractivity contribution in [2.75, 3.05) is 14.2 Å². The Morgan fingerprint density at radius 2 is 1.62 bits per heavy atom. The van der Waals surface area contributed by atoms with E-state index < -0.39 is 0 Å². The number of carbonyl (C=O) groups is 1. The van der Waals surface area contributed by atoms with Gasteiger partial charge in [0.1, 0.15) is 0 Å². The van der Waals surface area contributed by atoms with Gasteiger partial charge in [-0.3, -0.25) is 4.79 Å². The van der Waals surface area contributed by atoms with Crippen molar-refractivity contribution in [2.24, 2.45) is 0 Å². The molecule has 0 saturated carbocycles. The molecule has 2 aromatic carbocycles. The maximum absolute atomic E-state index is 12.0. The van der Waals surface area contributed by atoms with E-state index in [1.165, 1.54) is 20.3 Å². The molecule has 0 aliphatic heterocycles. The number of rotatable bonds is 9. The number of hydrogen-bond acceptors (Lipinski definition) is 5. The van der Waals surface area contributed by atoms with Gasteiger partial charge in [0.2, 0.25) is 0 Å². The van der Waals surface area contributed by atoms with Crippen LogP contribution in [0.25, 0.3) is 6.08 Å². The van der Waals surface area contributed by atoms with Gasteiger partial charge in [-0.25, -0.2) is 0 Å². The van der Waals surface area contributed by atoms with Gasteiger partial charge in [0.15, 0.2) is 28.8 Å². The lowest BCUT2D eigenvalue weighted by Crippen LogP contribution is -1.94. The van der Waals surface area contributed by atoms with Gasteiger partial charge < -0.3 is 19.7 Å². The molecule has 0 unspecified atom stereocenters. The standard InChI is InChI=1S/C21H24O5/c1-25-20-13-15(8-11-18(20)23)5-3-4-6-17(22)10-7-16-9-12-19(24)21(14-16)26-2/h7-14,23-24H,3-6H2,1-2H3/b10-7+. The first-order valence-corrected chi connectivity index (χ1v) is 8.47. The summed E-state index contributed by atoms with van der Waals surface area (Å²) in [6.45, 7) is 0. The Morgan fingerprint density at radius 3 is 2.31 bits per heavy atom. The fraction of sp³-hybridized carbons (Fsp3) is 0.286. The number of ketones is 1. The molecule has 0 fully saturated rings. The largest absolute Gasteiger partial charge is 0.504 e. The van der Waals surface area contributed by atoms with Crippen LogP contribution in [-0.2, 0) is 11.2 Å². The Hall–Kier alpha value is -2.95. The van der Waals surface area contributed by atoms with E-state index in [4.69, 9.17) is 9.47 Å². The maximum Gasteiger partial charge on any atom is 0.161 e. The molecule has 138 valence electrons. The highest BCUT2D eigenvalue weighted by Gasteiger charge is 2.04. The first-order chi connectivity index (χ1) is 12.5. The van der Waals surface area contributed by atoms with Crippen LogP contribution in [0.4, 0.5) is 0 Å². The first-order valence-electron chi connectivity index (χ1n) is 8.47. The van der Waals surface area contributed by atoms with Gasteiger partial charge >= 0.3 is 0 Å². The third kappa shape index (κ3) is 5.55. The van der Waals surface area contributed by atoms with E-state index in [2.05, 4.69) is 0 Å². The van der Waals surface area contributed by atoms with Crippen LogP contribution in [0.3, 0.4) is 0 Å². The highest BCUT2D eigenvalue weighted by Crippen LogP contribution is 2.27. The molecule has 2 rings (SSSR count). The first kappa shape index (κ1) is 19.4. The zero-order chi connectivity index (χ0) is 18.9. The Balaban J connectivity index is 1.78. The van der Waals surface area contributed by atoms with E-state index in [0.717, 1.165) is 30.4 Å². The van der Waals surface area contributed by atoms with E-state index in [-0.39, 0.29) is 17.3 Å². The molecule has 5 nitrogen and oxygen atoms in total. The van der Waals surface area contributed by atoms with Gasteiger partial charge in [-0.05, 0) is 60.7 Å². The number of methoxy groups -OCH3 is 2. The summed E-state index contributed by atoms with van der Waals surface area (Å²) in [6, 6.07) is 10.2. The smallest absolute Gasteiger partial charge is 0.161 e. The van der Waals surface area contributed by atoms with Crippen molar-refractivity contribution < 1.29 is 24.5 Å². The maximum atomic E-state index is 12.0. The molecule has 0 saturated heterocycles. The van der Waals surface area contributed by atoms with Gasteiger partial charge in [-0.2, -0.15) is 0 Å². The summed E-state index contributed by atoms with van der Waals surface area (Å²) < 4.78 is 10.1. The predicted octanol–water partition coefficient (Wildman–Crippen LogP) is 4.11. The van der Waals surface area contributed by atoms with Crippen LogP contribution in [-0.4, -0.2) is 30.2 Å². The van der Waals surface area contributed by atoms with Gasteiger partial charge in [-0.1, -0.05) is 18.2 Å². The van der Waals surface area contributed by atoms with E-state index in [0.29, 0.717) is 17.9 Å². The fourth-order valence-electron chi connectivity index (χ4n) is 2.58. The second-order valence-electron chi connectivity index (χ2n) is 5.94. The van der Waals surface area contributed by atoms with Crippen molar-refractivity contribution in [1.29, 1.82) is 0 Å². The highest BCUT2D eigenvalue weighted by atomic mass is 16.5. The van der Waals surface area contributed by atoms with Crippen molar-refractivity contribution in [3.8, 4) is 23.0 Å². The van der Waals surface area contributed by atoms with Crippen molar-refractivity contribution in [1.82, 2.24) is 0 Å². The van der Waals surface area contributed by atoms with Crippen LogP contribution in [0, 0.1) is 0 Å². The molecule has 0 radical (unpaired) electrons. The SMILES string of the molecule is COc1cc(/C=C/C(=O)CCCCc2ccc(O)c(OC)c2)ccc1O. The normalized spacial score (nSPS) is 10.8. The molecule has 0 atom stereocenters. The predicted molar refractivity (Wildman–Crippen MR) is 101 cm³/mol. The third-order valence-electron chi connectivity index (χ3n) is 4.05. The molecular formula is C21H24O5. The van der Waals surface area contributed by atoms with Crippen LogP contribution in [0.15, 0.2) is 42.5 Å². The number of allylic oxidation sites excluding steroid dienone is 1. The van der Waals surface area contributed by atoms with Crippen LogP contribution in [0.2, 0.25) is 0 Å². The minimum Gasteiger partial charge on any atom is -0.504 e. The third-order valence-corrected chi connectivity index (χ3v) is 4.05. The Kier molecular flexibility index (Phi) is 7.09. The molecule has 0 bridgehead atoms. The number of aromatic hydroxyl groups is 2. The second-order valence-corrected chi connectivity index (χ2v) is 5.94. The lowest BCUT2D eigenvalue weighted by atomic mass is 10.0. The van der Waals surface area contributed by atoms with Crippen molar-refractivity contribution in [2.45, 2.75) is 25.7 Å². The number of phenols is 2. The molecule has 5 heteroatoms. The zero-order valence-electron chi connectivity index (χ0n) is 15.1. The minimum absolute atomic E-state index is 0.0559. The van der Waals surface area contributed by atoms with E-state index in [9.17, 15) is 15.0 Å². The molecule has 0 spiro atoms. The number of phenolic OH excluding ortho intramolecular Hbond substituents is 2. The van der Waals surface area contributed by atoms with Crippen LogP contribution in [0.1, 0.15) is 30.4 Å². The Morgan fingerprint density at radius 1 is 0.962 bits per heavy atom. The van der Waals surface area contributed by atoms with Gasteiger partial charge in [0.25, 0.3) is 0 Å². The minimum atomic E-state index is 0.0559. The molecule has 2 N–H and O–H groups in total. The fourth-order valence-corrected chi connectivity index (χ4v) is 2.58. The average Bonchev–Trinajstić information content (AvgIpc) is 2.65. The number of unbranched alkanes of at least 4 members (excludes halogenated alkanes) is 1. The lowest BCUT2D eigenvalue weighted by molar-refractivity contribution is -0.114. The van der Waals surface area contributed by atoms with E-state index in [1.807, 2.05) is 12.1 Å². The lowest BCUT2D eigenvalue weighted by Gasteiger charge is -2.06. The molecule has 0 aromatic heterocycles. The number of carbonyl (C=O) groups excluding carboxylic acids is 1. The zero-order valence-corrected chi connectivity index (χ0v) is 15.1. The van der Waals surface area contributed by atoms with E-state index >= 15 is 0 Å². The molecular weight excluding hydrogens is 332 g/mol. The highest BCUT2D eigenvalue weighted by molar-refractivity contribution is 5.93. The number of ether oxygens (including phenoxy) is 2. The van der Waals surface area contributed by atoms with Gasteiger partial charge in [-0.15, -0.1) is 0 Å². The Labute approximate surface area is 153 Å². The molecule has 26 heavy (non-hydrogen) atoms. The van der Waals surface area contributed by atoms with E-state index in [1.54, 1.807) is 30.4 Å².